The van der Waals surface area contributed by atoms with Crippen molar-refractivity contribution in [1.29, 1.82) is 0 Å². The summed E-state index contributed by atoms with van der Waals surface area (Å²) in [4.78, 5) is 2.43. The van der Waals surface area contributed by atoms with Crippen LogP contribution in [0.25, 0.3) is 0 Å². The normalized spacial score (nSPS) is 15.6. The van der Waals surface area contributed by atoms with Gasteiger partial charge < -0.3 is 4.90 Å². The third-order valence-electron chi connectivity index (χ3n) is 4.35. The topological polar surface area (TPSA) is 41.9 Å². The molecule has 1 aliphatic heterocycles. The van der Waals surface area contributed by atoms with Gasteiger partial charge in [-0.2, -0.15) is 0 Å². The van der Waals surface area contributed by atoms with Gasteiger partial charge in [0.15, 0.2) is 0 Å². The molecule has 0 atom stereocenters. The summed E-state index contributed by atoms with van der Waals surface area (Å²) in [5.74, 6) is 1.48. The predicted molar refractivity (Wildman–Crippen MR) is 103 cm³/mol. The zero-order valence-corrected chi connectivity index (χ0v) is 18.4. The number of rotatable bonds is 13. The van der Waals surface area contributed by atoms with Gasteiger partial charge in [-0.3, -0.25) is 0 Å². The molecule has 1 radical (unpaired) electrons. The minimum absolute atomic E-state index is 0. The molecule has 1 saturated heterocycles. The standard InChI is InChI=1S/C18H33NO3S.Na/c1-2-3-4-5-6-7-8-9-10-11-18-12-14-19(15-13-18)16-17-23-22-21-20;/h9,11,18,20H,2-8,12-17H2,1H3;. The third kappa shape index (κ3) is 13.9. The van der Waals surface area contributed by atoms with E-state index in [1.54, 1.807) is 0 Å². The molecule has 0 aromatic rings. The van der Waals surface area contributed by atoms with Gasteiger partial charge in [0, 0.05) is 53.9 Å². The summed E-state index contributed by atoms with van der Waals surface area (Å²) in [6.07, 6.45) is 16.2. The van der Waals surface area contributed by atoms with Gasteiger partial charge in [-0.15, -0.1) is 10.1 Å². The van der Waals surface area contributed by atoms with Crippen LogP contribution in [0.1, 0.15) is 64.7 Å². The molecule has 0 spiro atoms. The smallest absolute Gasteiger partial charge is 0.0359 e. The Bertz CT molecular complexity index is 330. The summed E-state index contributed by atoms with van der Waals surface area (Å²) < 4.78 is 4.38. The van der Waals surface area contributed by atoms with Crippen molar-refractivity contribution in [2.45, 2.75) is 64.7 Å². The van der Waals surface area contributed by atoms with E-state index in [0.29, 0.717) is 5.92 Å². The van der Waals surface area contributed by atoms with Crippen LogP contribution in [0.3, 0.4) is 0 Å². The molecule has 0 unspecified atom stereocenters. The van der Waals surface area contributed by atoms with E-state index >= 15 is 0 Å². The first-order chi connectivity index (χ1) is 11.4. The number of hydrogen-bond acceptors (Lipinski definition) is 5. The molecule has 24 heavy (non-hydrogen) atoms. The number of nitrogens with zero attached hydrogens (tertiary/aromatic N) is 1. The van der Waals surface area contributed by atoms with Gasteiger partial charge in [-0.1, -0.05) is 44.1 Å². The Hall–Kier alpha value is 0.710. The van der Waals surface area contributed by atoms with Crippen LogP contribution < -0.4 is 0 Å². The van der Waals surface area contributed by atoms with Gasteiger partial charge in [-0.05, 0) is 56.8 Å². The van der Waals surface area contributed by atoms with Crippen LogP contribution in [0.4, 0.5) is 0 Å². The number of hydrogen-bond donors (Lipinski definition) is 1. The number of unbranched alkanes of at least 4 members (excludes halogenated alkanes) is 6. The molecule has 4 nitrogen and oxygen atoms in total. The fourth-order valence-corrected chi connectivity index (χ4v) is 3.32. The van der Waals surface area contributed by atoms with Crippen LogP contribution in [0, 0.1) is 5.92 Å². The van der Waals surface area contributed by atoms with Crippen LogP contribution in [-0.4, -0.2) is 65.1 Å². The van der Waals surface area contributed by atoms with E-state index in [9.17, 15) is 0 Å². The van der Waals surface area contributed by atoms with Gasteiger partial charge in [0.2, 0.25) is 0 Å². The second kappa shape index (κ2) is 18.5. The van der Waals surface area contributed by atoms with Crippen molar-refractivity contribution in [1.82, 2.24) is 4.90 Å². The van der Waals surface area contributed by atoms with E-state index in [1.165, 1.54) is 57.8 Å². The Morgan fingerprint density at radius 2 is 1.88 bits per heavy atom. The van der Waals surface area contributed by atoms with Crippen LogP contribution in [0.5, 0.6) is 0 Å². The van der Waals surface area contributed by atoms with Gasteiger partial charge in [-0.25, -0.2) is 5.26 Å². The number of allylic oxidation sites excluding steroid dienone is 1. The first-order valence-corrected chi connectivity index (χ1v) is 10.0. The van der Waals surface area contributed by atoms with Gasteiger partial charge in [0.05, 0.1) is 0 Å². The fourth-order valence-electron chi connectivity index (χ4n) is 2.88. The molecule has 0 amide bonds. The van der Waals surface area contributed by atoms with E-state index < -0.39 is 0 Å². The summed E-state index contributed by atoms with van der Waals surface area (Å²) in [5, 5.41) is 11.6. The Morgan fingerprint density at radius 3 is 2.58 bits per heavy atom. The van der Waals surface area contributed by atoms with Crippen LogP contribution in [0.2, 0.25) is 0 Å². The molecule has 0 saturated carbocycles. The molecule has 6 heteroatoms. The summed E-state index contributed by atoms with van der Waals surface area (Å²) in [5.41, 5.74) is 3.39. The zero-order valence-electron chi connectivity index (χ0n) is 15.5. The van der Waals surface area contributed by atoms with Crippen molar-refractivity contribution in [2.24, 2.45) is 5.92 Å². The summed E-state index contributed by atoms with van der Waals surface area (Å²) >= 11 is 1.14. The predicted octanol–water partition coefficient (Wildman–Crippen LogP) is 4.85. The Labute approximate surface area is 174 Å². The van der Waals surface area contributed by atoms with Crippen molar-refractivity contribution in [2.75, 3.05) is 25.4 Å². The van der Waals surface area contributed by atoms with Gasteiger partial charge >= 0.3 is 0 Å². The monoisotopic (exact) mass is 366 g/mol. The van der Waals surface area contributed by atoms with Crippen LogP contribution in [0.15, 0.2) is 17.9 Å². The van der Waals surface area contributed by atoms with E-state index in [4.69, 9.17) is 5.26 Å². The van der Waals surface area contributed by atoms with Crippen LogP contribution >= 0.6 is 12.0 Å². The van der Waals surface area contributed by atoms with E-state index in [-0.39, 0.29) is 29.6 Å². The maximum absolute atomic E-state index is 8.05. The first-order valence-electron chi connectivity index (χ1n) is 9.10. The van der Waals surface area contributed by atoms with Gasteiger partial charge in [0.1, 0.15) is 0 Å². The number of piperidine rings is 1. The van der Waals surface area contributed by atoms with Crippen molar-refractivity contribution in [3.05, 3.63) is 17.9 Å². The maximum Gasteiger partial charge on any atom is 0.0359 e. The zero-order chi connectivity index (χ0) is 16.6. The minimum atomic E-state index is 0. The molecule has 0 aromatic carbocycles. The SMILES string of the molecule is CCCCCCCCC=C=CC1CCN(CCSOOO)CC1.[Na]. The molecule has 0 bridgehead atoms. The quantitative estimate of drug-likeness (QED) is 0.126. The van der Waals surface area contributed by atoms with Crippen LogP contribution in [-0.2, 0) is 9.37 Å². The Morgan fingerprint density at radius 1 is 1.17 bits per heavy atom. The fraction of sp³-hybridized carbons (Fsp3) is 0.833. The van der Waals surface area contributed by atoms with Crippen molar-refractivity contribution >= 4 is 41.6 Å². The minimum Gasteiger partial charge on any atom is -0.302 e. The van der Waals surface area contributed by atoms with E-state index in [1.807, 2.05) is 0 Å². The molecule has 0 aliphatic carbocycles. The maximum atomic E-state index is 8.05. The summed E-state index contributed by atoms with van der Waals surface area (Å²) in [6, 6.07) is 0. The number of likely N-dealkylation sites (tertiary alicyclic amines) is 1. The van der Waals surface area contributed by atoms with Crippen molar-refractivity contribution in [3.63, 3.8) is 0 Å². The molecule has 1 rings (SSSR count). The van der Waals surface area contributed by atoms with E-state index in [2.05, 4.69) is 39.1 Å². The molecule has 1 aliphatic rings. The average Bonchev–Trinajstić information content (AvgIpc) is 2.58. The molecular formula is C18H33NNaO3S. The molecule has 1 N–H and O–H groups in total. The first kappa shape index (κ1) is 24.7. The summed E-state index contributed by atoms with van der Waals surface area (Å²) in [6.45, 7) is 5.48. The molecular weight excluding hydrogens is 333 g/mol. The van der Waals surface area contributed by atoms with E-state index in [0.717, 1.165) is 37.4 Å². The Balaban J connectivity index is 0.00000529. The molecule has 1 heterocycles. The second-order valence-electron chi connectivity index (χ2n) is 6.24. The summed E-state index contributed by atoms with van der Waals surface area (Å²) in [7, 11) is 0. The molecule has 0 aromatic heterocycles. The molecule has 1 fully saturated rings. The second-order valence-corrected chi connectivity index (χ2v) is 7.02. The average molecular weight is 367 g/mol. The Kier molecular flexibility index (Phi) is 19.0. The van der Waals surface area contributed by atoms with Gasteiger partial charge in [0.25, 0.3) is 0 Å². The largest absolute Gasteiger partial charge is 0.302 e. The van der Waals surface area contributed by atoms with Crippen molar-refractivity contribution in [3.8, 4) is 0 Å². The molecule has 135 valence electrons. The van der Waals surface area contributed by atoms with Crippen molar-refractivity contribution < 1.29 is 14.6 Å². The third-order valence-corrected chi connectivity index (χ3v) is 4.86.